The Kier molecular flexibility index (Phi) is 1.66. The number of hydrogen-bond acceptors (Lipinski definition) is 3. The van der Waals surface area contributed by atoms with Crippen LogP contribution in [0.1, 0.15) is 12.6 Å². The molecule has 1 aromatic heterocycles. The Bertz CT molecular complexity index is 242. The number of aromatic nitrogens is 3. The van der Waals surface area contributed by atoms with E-state index in [9.17, 15) is 4.79 Å². The fourth-order valence-electron chi connectivity index (χ4n) is 0.534. The van der Waals surface area contributed by atoms with Crippen LogP contribution in [0.15, 0.2) is 6.20 Å². The summed E-state index contributed by atoms with van der Waals surface area (Å²) in [5.41, 5.74) is 3.15. The first kappa shape index (κ1) is 6.73. The van der Waals surface area contributed by atoms with Crippen molar-refractivity contribution in [3.63, 3.8) is 0 Å². The lowest BCUT2D eigenvalue weighted by atomic mass is 10.6. The Morgan fingerprint density at radius 2 is 2.50 bits per heavy atom. The highest BCUT2D eigenvalue weighted by Gasteiger charge is 1.94. The normalized spacial score (nSPS) is 9.40. The maximum atomic E-state index is 10.4. The number of rotatable bonds is 1. The lowest BCUT2D eigenvalue weighted by Crippen LogP contribution is -2.22. The predicted octanol–water partition coefficient (Wildman–Crippen LogP) is -0.323. The molecule has 1 aromatic rings. The Balaban J connectivity index is 2.67. The number of aryl methyl sites for hydroxylation is 1. The second-order valence-corrected chi connectivity index (χ2v) is 1.94. The molecule has 5 nitrogen and oxygen atoms in total. The highest BCUT2D eigenvalue weighted by molar-refractivity contribution is 5.80. The summed E-state index contributed by atoms with van der Waals surface area (Å²) in [6.07, 6.45) is 1.57. The van der Waals surface area contributed by atoms with E-state index in [2.05, 4.69) is 15.6 Å². The summed E-state index contributed by atoms with van der Waals surface area (Å²) >= 11 is 0. The Morgan fingerprint density at radius 1 is 1.80 bits per heavy atom. The molecule has 0 fully saturated rings. The average Bonchev–Trinajstić information content (AvgIpc) is 2.13. The monoisotopic (exact) mass is 140 g/mol. The zero-order chi connectivity index (χ0) is 7.56. The van der Waals surface area contributed by atoms with E-state index >= 15 is 0 Å². The molecule has 10 heavy (non-hydrogen) atoms. The highest BCUT2D eigenvalue weighted by Crippen LogP contribution is 1.83. The molecule has 0 unspecified atom stereocenters. The van der Waals surface area contributed by atoms with E-state index in [1.807, 2.05) is 0 Å². The van der Waals surface area contributed by atoms with Crippen LogP contribution in [0, 0.1) is 6.92 Å². The Hall–Kier alpha value is -1.39. The fourth-order valence-corrected chi connectivity index (χ4v) is 0.534. The molecule has 0 aromatic carbocycles. The summed E-state index contributed by atoms with van der Waals surface area (Å²) in [6, 6.07) is 0. The van der Waals surface area contributed by atoms with Crippen LogP contribution < -0.4 is 5.43 Å². The number of carbonyl (C=O) groups excluding carboxylic acids is 1. The smallest absolute Gasteiger partial charge is 0.238 e. The van der Waals surface area contributed by atoms with Gasteiger partial charge in [0.05, 0.1) is 11.9 Å². The third-order valence-corrected chi connectivity index (χ3v) is 0.864. The minimum atomic E-state index is -0.185. The van der Waals surface area contributed by atoms with Crippen LogP contribution in [-0.4, -0.2) is 21.0 Å². The van der Waals surface area contributed by atoms with Crippen LogP contribution >= 0.6 is 0 Å². The van der Waals surface area contributed by atoms with E-state index in [1.165, 1.54) is 6.92 Å². The van der Waals surface area contributed by atoms with Crippen molar-refractivity contribution in [3.8, 4) is 0 Å². The third-order valence-electron chi connectivity index (χ3n) is 0.864. The van der Waals surface area contributed by atoms with Crippen LogP contribution in [0.5, 0.6) is 0 Å². The van der Waals surface area contributed by atoms with Gasteiger partial charge >= 0.3 is 0 Å². The minimum absolute atomic E-state index is 0.185. The van der Waals surface area contributed by atoms with Crippen molar-refractivity contribution < 1.29 is 4.79 Å². The molecule has 1 amide bonds. The van der Waals surface area contributed by atoms with Crippen LogP contribution in [0.2, 0.25) is 0 Å². The van der Waals surface area contributed by atoms with Gasteiger partial charge in [-0.15, -0.1) is 10.2 Å². The quantitative estimate of drug-likeness (QED) is 0.581. The van der Waals surface area contributed by atoms with Crippen LogP contribution in [0.4, 0.5) is 0 Å². The lowest BCUT2D eigenvalue weighted by Gasteiger charge is -1.95. The number of carbonyl (C=O) groups is 1. The summed E-state index contributed by atoms with van der Waals surface area (Å²) in [7, 11) is 0. The first-order chi connectivity index (χ1) is 4.68. The molecule has 0 atom stereocenters. The maximum Gasteiger partial charge on any atom is 0.238 e. The van der Waals surface area contributed by atoms with Gasteiger partial charge in [-0.2, -0.15) is 0 Å². The Morgan fingerprint density at radius 3 is 2.90 bits per heavy atom. The molecule has 0 aliphatic rings. The van der Waals surface area contributed by atoms with Crippen LogP contribution in [-0.2, 0) is 4.79 Å². The van der Waals surface area contributed by atoms with Gasteiger partial charge in [-0.25, -0.2) is 5.43 Å². The molecule has 54 valence electrons. The summed E-state index contributed by atoms with van der Waals surface area (Å²) < 4.78 is 0. The van der Waals surface area contributed by atoms with E-state index in [1.54, 1.807) is 13.1 Å². The molecular weight excluding hydrogens is 132 g/mol. The van der Waals surface area contributed by atoms with Gasteiger partial charge in [-0.3, -0.25) is 4.79 Å². The van der Waals surface area contributed by atoms with Gasteiger partial charge in [-0.1, -0.05) is 4.91 Å². The second kappa shape index (κ2) is 2.47. The first-order valence-electron chi connectivity index (χ1n) is 2.85. The second-order valence-electron chi connectivity index (χ2n) is 1.94. The molecule has 0 aliphatic heterocycles. The van der Waals surface area contributed by atoms with Crippen LogP contribution in [0.25, 0.3) is 0 Å². The van der Waals surface area contributed by atoms with Crippen molar-refractivity contribution in [2.45, 2.75) is 13.8 Å². The van der Waals surface area contributed by atoms with Crippen molar-refractivity contribution in [2.24, 2.45) is 0 Å². The van der Waals surface area contributed by atoms with Gasteiger partial charge in [0.25, 0.3) is 0 Å². The largest absolute Gasteiger partial charge is 0.273 e. The summed E-state index contributed by atoms with van der Waals surface area (Å²) in [5.74, 6) is -0.185. The minimum Gasteiger partial charge on any atom is -0.273 e. The summed E-state index contributed by atoms with van der Waals surface area (Å²) in [5, 5.41) is 7.55. The van der Waals surface area contributed by atoms with Gasteiger partial charge in [0.1, 0.15) is 0 Å². The van der Waals surface area contributed by atoms with E-state index < -0.39 is 0 Å². The fraction of sp³-hybridized carbons (Fsp3) is 0.400. The topological polar surface area (TPSA) is 59.8 Å². The van der Waals surface area contributed by atoms with E-state index in [4.69, 9.17) is 0 Å². The number of nitrogens with one attached hydrogen (secondary N) is 1. The van der Waals surface area contributed by atoms with Gasteiger partial charge in [-0.05, 0) is 6.92 Å². The summed E-state index contributed by atoms with van der Waals surface area (Å²) in [4.78, 5) is 11.5. The van der Waals surface area contributed by atoms with Crippen LogP contribution in [0.3, 0.4) is 0 Å². The van der Waals surface area contributed by atoms with Crippen molar-refractivity contribution in [1.29, 1.82) is 0 Å². The number of hydrogen-bond donors (Lipinski definition) is 1. The number of nitrogens with zero attached hydrogens (tertiary/aromatic N) is 3. The summed E-state index contributed by atoms with van der Waals surface area (Å²) in [6.45, 7) is 3.20. The molecule has 1 rings (SSSR count). The van der Waals surface area contributed by atoms with Gasteiger partial charge < -0.3 is 0 Å². The Labute approximate surface area is 58.0 Å². The molecule has 0 saturated heterocycles. The molecule has 1 heterocycles. The van der Waals surface area contributed by atoms with Gasteiger partial charge in [0.2, 0.25) is 5.91 Å². The lowest BCUT2D eigenvalue weighted by molar-refractivity contribution is -0.115. The average molecular weight is 140 g/mol. The molecule has 0 aliphatic carbocycles. The van der Waals surface area contributed by atoms with Crippen molar-refractivity contribution in [1.82, 2.24) is 15.1 Å². The van der Waals surface area contributed by atoms with Crippen molar-refractivity contribution >= 4 is 5.91 Å². The van der Waals surface area contributed by atoms with E-state index in [0.717, 1.165) is 10.6 Å². The maximum absolute atomic E-state index is 10.4. The van der Waals surface area contributed by atoms with Gasteiger partial charge in [0, 0.05) is 6.92 Å². The molecular formula is C5H8N4O. The zero-order valence-electron chi connectivity index (χ0n) is 5.83. The molecule has 5 heteroatoms. The molecule has 0 bridgehead atoms. The standard InChI is InChI=1S/C5H8N4O/c1-4-3-6-9(7-4)8-5(2)10/h3H,1-2H3,(H,8,10). The predicted molar refractivity (Wildman–Crippen MR) is 34.8 cm³/mol. The van der Waals surface area contributed by atoms with E-state index in [0.29, 0.717) is 0 Å². The van der Waals surface area contributed by atoms with Crippen molar-refractivity contribution in [2.75, 3.05) is 5.43 Å². The third kappa shape index (κ3) is 1.54. The first-order valence-corrected chi connectivity index (χ1v) is 2.85. The van der Waals surface area contributed by atoms with Gasteiger partial charge in [0.15, 0.2) is 0 Å². The molecule has 0 saturated carbocycles. The number of amides is 1. The molecule has 0 radical (unpaired) electrons. The highest BCUT2D eigenvalue weighted by atomic mass is 16.2. The van der Waals surface area contributed by atoms with Crippen molar-refractivity contribution in [3.05, 3.63) is 11.9 Å². The SMILES string of the molecule is CC(=O)Nn1ncc(C)n1. The molecule has 1 N–H and O–H groups in total. The zero-order valence-corrected chi connectivity index (χ0v) is 5.83. The molecule has 0 spiro atoms. The van der Waals surface area contributed by atoms with E-state index in [-0.39, 0.29) is 5.91 Å².